The summed E-state index contributed by atoms with van der Waals surface area (Å²) in [6, 6.07) is 0. The van der Waals surface area contributed by atoms with Crippen LogP contribution in [-0.4, -0.2) is 37.2 Å². The van der Waals surface area contributed by atoms with Crippen LogP contribution in [0, 0.1) is 0 Å². The maximum absolute atomic E-state index is 12.9. The summed E-state index contributed by atoms with van der Waals surface area (Å²) in [4.78, 5) is 38.4. The van der Waals surface area contributed by atoms with Crippen LogP contribution in [0.1, 0.15) is 342 Å². The minimum atomic E-state index is -0.778. The average Bonchev–Trinajstić information content (AvgIpc) is 3.41. The lowest BCUT2D eigenvalue weighted by Gasteiger charge is -2.18. The van der Waals surface area contributed by atoms with Crippen molar-refractivity contribution in [3.05, 3.63) is 60.8 Å². The Kier molecular flexibility index (Phi) is 61.2. The van der Waals surface area contributed by atoms with E-state index in [1.165, 1.54) is 225 Å². The van der Waals surface area contributed by atoms with Crippen LogP contribution in [0.15, 0.2) is 60.8 Å². The highest BCUT2D eigenvalue weighted by Gasteiger charge is 2.19. The zero-order chi connectivity index (χ0) is 54.3. The van der Waals surface area contributed by atoms with E-state index in [-0.39, 0.29) is 31.1 Å². The molecular weight excluding hydrogens is 925 g/mol. The van der Waals surface area contributed by atoms with Crippen molar-refractivity contribution in [1.82, 2.24) is 0 Å². The number of allylic oxidation sites excluding steroid dienone is 10. The maximum atomic E-state index is 12.9. The minimum absolute atomic E-state index is 0.0735. The Labute approximate surface area is 466 Å². The first kappa shape index (κ1) is 72.1. The largest absolute Gasteiger partial charge is 0.462 e. The van der Waals surface area contributed by atoms with Gasteiger partial charge in [-0.1, -0.05) is 306 Å². The summed E-state index contributed by atoms with van der Waals surface area (Å²) in [5.41, 5.74) is 0. The van der Waals surface area contributed by atoms with Crippen molar-refractivity contribution < 1.29 is 28.6 Å². The molecule has 0 heterocycles. The van der Waals surface area contributed by atoms with Gasteiger partial charge in [0.25, 0.3) is 0 Å². The van der Waals surface area contributed by atoms with E-state index in [1.807, 2.05) is 0 Å². The van der Waals surface area contributed by atoms with Crippen LogP contribution in [0.3, 0.4) is 0 Å². The summed E-state index contributed by atoms with van der Waals surface area (Å²) in [5.74, 6) is -0.861. The number of carbonyl (C=O) groups excluding carboxylic acids is 3. The molecule has 0 radical (unpaired) electrons. The Morgan fingerprint density at radius 2 is 0.560 bits per heavy atom. The summed E-state index contributed by atoms with van der Waals surface area (Å²) in [7, 11) is 0. The molecule has 0 rings (SSSR count). The Hall–Kier alpha value is -2.89. The monoisotopic (exact) mass is 1050 g/mol. The van der Waals surface area contributed by atoms with Gasteiger partial charge in [-0.25, -0.2) is 0 Å². The van der Waals surface area contributed by atoms with E-state index in [4.69, 9.17) is 14.2 Å². The highest BCUT2D eigenvalue weighted by Crippen LogP contribution is 2.18. The van der Waals surface area contributed by atoms with Crippen molar-refractivity contribution in [1.29, 1.82) is 0 Å². The predicted octanol–water partition coefficient (Wildman–Crippen LogP) is 22.3. The molecule has 0 bridgehead atoms. The molecule has 1 atom stereocenters. The zero-order valence-corrected chi connectivity index (χ0v) is 50.1. The second kappa shape index (κ2) is 63.6. The fourth-order valence-corrected chi connectivity index (χ4v) is 9.63. The second-order valence-corrected chi connectivity index (χ2v) is 22.0. The standard InChI is InChI=1S/C69H124O6/c1-4-7-10-13-16-19-22-25-28-31-34-37-40-43-46-49-52-55-58-61-67(70)73-64-66(75-69(72)63-60-57-54-51-48-45-42-39-36-33-30-27-24-21-18-15-12-9-6-3)65-74-68(71)62-59-56-53-50-47-44-41-38-35-32-29-26-23-20-17-14-11-8-5-2/h7,10,16,18-19,21,24-25,27-28,66H,4-6,8-9,11-15,17,20,22-23,26,29-65H2,1-3H3/b10-7-,19-16-,21-18-,27-24-,28-25-. The molecule has 0 fully saturated rings. The van der Waals surface area contributed by atoms with Gasteiger partial charge >= 0.3 is 17.9 Å². The van der Waals surface area contributed by atoms with E-state index in [1.54, 1.807) is 0 Å². The topological polar surface area (TPSA) is 78.9 Å². The van der Waals surface area contributed by atoms with Crippen molar-refractivity contribution in [3.8, 4) is 0 Å². The summed E-state index contributed by atoms with van der Waals surface area (Å²) in [5, 5.41) is 0. The third kappa shape index (κ3) is 61.8. The Balaban J connectivity index is 4.35. The van der Waals surface area contributed by atoms with Gasteiger partial charge in [-0.15, -0.1) is 0 Å². The van der Waals surface area contributed by atoms with Crippen LogP contribution in [0.5, 0.6) is 0 Å². The third-order valence-corrected chi connectivity index (χ3v) is 14.5. The van der Waals surface area contributed by atoms with Crippen LogP contribution < -0.4 is 0 Å². The lowest BCUT2D eigenvalue weighted by molar-refractivity contribution is -0.167. The maximum Gasteiger partial charge on any atom is 0.306 e. The zero-order valence-electron chi connectivity index (χ0n) is 50.1. The smallest absolute Gasteiger partial charge is 0.306 e. The summed E-state index contributed by atoms with van der Waals surface area (Å²) in [6.07, 6.45) is 80.8. The number of unbranched alkanes of at least 4 members (excludes halogenated alkanes) is 40. The van der Waals surface area contributed by atoms with Gasteiger partial charge in [-0.3, -0.25) is 14.4 Å². The second-order valence-electron chi connectivity index (χ2n) is 22.0. The molecule has 0 saturated carbocycles. The highest BCUT2D eigenvalue weighted by atomic mass is 16.6. The van der Waals surface area contributed by atoms with E-state index < -0.39 is 6.10 Å². The van der Waals surface area contributed by atoms with Crippen molar-refractivity contribution >= 4 is 17.9 Å². The molecule has 0 spiro atoms. The van der Waals surface area contributed by atoms with Gasteiger partial charge in [0.15, 0.2) is 6.10 Å². The first-order chi connectivity index (χ1) is 37.0. The molecule has 0 aliphatic heterocycles. The van der Waals surface area contributed by atoms with Gasteiger partial charge in [-0.2, -0.15) is 0 Å². The van der Waals surface area contributed by atoms with Crippen molar-refractivity contribution in [2.75, 3.05) is 13.2 Å². The van der Waals surface area contributed by atoms with Crippen LogP contribution in [-0.2, 0) is 28.6 Å². The van der Waals surface area contributed by atoms with E-state index in [2.05, 4.69) is 81.5 Å². The molecule has 1 unspecified atom stereocenters. The molecule has 0 aromatic carbocycles. The number of hydrogen-bond acceptors (Lipinski definition) is 6. The van der Waals surface area contributed by atoms with Gasteiger partial charge in [0, 0.05) is 19.3 Å². The van der Waals surface area contributed by atoms with Gasteiger partial charge in [0.1, 0.15) is 13.2 Å². The summed E-state index contributed by atoms with van der Waals surface area (Å²) >= 11 is 0. The van der Waals surface area contributed by atoms with Gasteiger partial charge < -0.3 is 14.2 Å². The fourth-order valence-electron chi connectivity index (χ4n) is 9.63. The number of esters is 3. The molecule has 0 amide bonds. The summed E-state index contributed by atoms with van der Waals surface area (Å²) in [6.45, 7) is 6.55. The molecule has 436 valence electrons. The average molecular weight is 1050 g/mol. The van der Waals surface area contributed by atoms with Crippen molar-refractivity contribution in [2.45, 2.75) is 348 Å². The molecule has 6 nitrogen and oxygen atoms in total. The van der Waals surface area contributed by atoms with Crippen LogP contribution in [0.4, 0.5) is 0 Å². The van der Waals surface area contributed by atoms with E-state index in [9.17, 15) is 14.4 Å². The van der Waals surface area contributed by atoms with Gasteiger partial charge in [0.05, 0.1) is 0 Å². The van der Waals surface area contributed by atoms with E-state index in [0.717, 1.165) is 77.0 Å². The quantitative estimate of drug-likeness (QED) is 0.0199. The van der Waals surface area contributed by atoms with Crippen LogP contribution in [0.25, 0.3) is 0 Å². The molecule has 0 saturated heterocycles. The van der Waals surface area contributed by atoms with Crippen LogP contribution in [0.2, 0.25) is 0 Å². The fraction of sp³-hybridized carbons (Fsp3) is 0.812. The molecule has 0 aromatic heterocycles. The van der Waals surface area contributed by atoms with Gasteiger partial charge in [-0.05, 0) is 77.0 Å². The number of ether oxygens (including phenoxy) is 3. The third-order valence-electron chi connectivity index (χ3n) is 14.5. The summed E-state index contributed by atoms with van der Waals surface area (Å²) < 4.78 is 17.0. The number of rotatable bonds is 60. The SMILES string of the molecule is CC/C=C\C/C=C\C/C=C\CCCCCCCCCCCC(=O)OCC(COC(=O)CCCCCCCCCCCCCCCCCCCCC)OC(=O)CCCCCCCCCCCC/C=C\C=C/CCCCC. The van der Waals surface area contributed by atoms with Gasteiger partial charge in [0.2, 0.25) is 0 Å². The van der Waals surface area contributed by atoms with E-state index >= 15 is 0 Å². The normalized spacial score (nSPS) is 12.4. The van der Waals surface area contributed by atoms with Crippen LogP contribution >= 0.6 is 0 Å². The predicted molar refractivity (Wildman–Crippen MR) is 325 cm³/mol. The molecular formula is C69H124O6. The number of hydrogen-bond donors (Lipinski definition) is 0. The molecule has 0 aliphatic carbocycles. The molecule has 0 N–H and O–H groups in total. The molecule has 0 aliphatic rings. The van der Waals surface area contributed by atoms with E-state index in [0.29, 0.717) is 19.3 Å². The first-order valence-electron chi connectivity index (χ1n) is 32.8. The number of carbonyl (C=O) groups is 3. The lowest BCUT2D eigenvalue weighted by atomic mass is 10.0. The Morgan fingerprint density at radius 1 is 0.293 bits per heavy atom. The first-order valence-corrected chi connectivity index (χ1v) is 32.8. The molecule has 6 heteroatoms. The molecule has 0 aromatic rings. The van der Waals surface area contributed by atoms with Crippen molar-refractivity contribution in [3.63, 3.8) is 0 Å². The lowest BCUT2D eigenvalue weighted by Crippen LogP contribution is -2.30. The molecule has 75 heavy (non-hydrogen) atoms. The Bertz CT molecular complexity index is 1340. The Morgan fingerprint density at radius 3 is 0.920 bits per heavy atom. The van der Waals surface area contributed by atoms with Crippen molar-refractivity contribution in [2.24, 2.45) is 0 Å². The minimum Gasteiger partial charge on any atom is -0.462 e. The highest BCUT2D eigenvalue weighted by molar-refractivity contribution is 5.71.